The van der Waals surface area contributed by atoms with Crippen molar-refractivity contribution in [2.24, 2.45) is 11.8 Å². The maximum atomic E-state index is 13.1. The molecule has 1 saturated heterocycles. The molecule has 1 fully saturated rings. The fourth-order valence-electron chi connectivity index (χ4n) is 3.93. The Morgan fingerprint density at radius 2 is 1.86 bits per heavy atom. The number of halogens is 6. The fourth-order valence-corrected chi connectivity index (χ4v) is 3.93. The third kappa shape index (κ3) is 7.53. The zero-order chi connectivity index (χ0) is 27.4. The van der Waals surface area contributed by atoms with Gasteiger partial charge >= 0.3 is 12.4 Å². The van der Waals surface area contributed by atoms with Gasteiger partial charge in [-0.2, -0.15) is 31.4 Å². The van der Waals surface area contributed by atoms with E-state index < -0.39 is 46.7 Å². The van der Waals surface area contributed by atoms with Crippen LogP contribution in [0.2, 0.25) is 0 Å². The van der Waals surface area contributed by atoms with Crippen molar-refractivity contribution in [2.45, 2.75) is 45.1 Å². The number of hydroxylamine groups is 1. The normalized spacial score (nSPS) is 19.4. The molecule has 3 rings (SSSR count). The molecule has 0 bridgehead atoms. The molecule has 1 amide bonds. The molecule has 0 spiro atoms. The summed E-state index contributed by atoms with van der Waals surface area (Å²) in [6.07, 6.45) is -6.44. The molecule has 2 aromatic heterocycles. The number of aromatic amines is 1. The molecule has 37 heavy (non-hydrogen) atoms. The van der Waals surface area contributed by atoms with Gasteiger partial charge in [0.2, 0.25) is 11.9 Å². The summed E-state index contributed by atoms with van der Waals surface area (Å²) in [4.78, 5) is 38.3. The quantitative estimate of drug-likeness (QED) is 0.347. The van der Waals surface area contributed by atoms with E-state index in [9.17, 15) is 35.9 Å². The number of nitrogens with one attached hydrogen (secondary N) is 3. The number of amides is 1. The van der Waals surface area contributed by atoms with E-state index >= 15 is 0 Å². The Labute approximate surface area is 206 Å². The van der Waals surface area contributed by atoms with E-state index in [1.165, 1.54) is 6.92 Å². The maximum absolute atomic E-state index is 13.1. The number of hydrogen-bond donors (Lipinski definition) is 3. The smallest absolute Gasteiger partial charge is 0.378 e. The summed E-state index contributed by atoms with van der Waals surface area (Å²) >= 11 is 0. The summed E-state index contributed by atoms with van der Waals surface area (Å²) in [5, 5.41) is 7.59. The third-order valence-electron chi connectivity index (χ3n) is 5.84. The second kappa shape index (κ2) is 11.3. The Hall–Kier alpha value is -3.43. The van der Waals surface area contributed by atoms with Crippen molar-refractivity contribution in [1.29, 1.82) is 0 Å². The van der Waals surface area contributed by atoms with Gasteiger partial charge in [0.1, 0.15) is 5.56 Å². The molecule has 0 saturated carbocycles. The number of piperidine rings is 1. The van der Waals surface area contributed by atoms with Gasteiger partial charge in [0.05, 0.1) is 24.1 Å². The Balaban J connectivity index is 1.44. The molecule has 1 aliphatic heterocycles. The van der Waals surface area contributed by atoms with E-state index in [0.29, 0.717) is 19.5 Å². The number of carbonyl (C=O) groups is 1. The molecule has 0 aromatic carbocycles. The van der Waals surface area contributed by atoms with Crippen LogP contribution in [0.1, 0.15) is 37.8 Å². The summed E-state index contributed by atoms with van der Waals surface area (Å²) in [7, 11) is 0. The summed E-state index contributed by atoms with van der Waals surface area (Å²) in [5.41, 5.74) is -2.00. The van der Waals surface area contributed by atoms with Gasteiger partial charge in [-0.1, -0.05) is 6.92 Å². The third-order valence-corrected chi connectivity index (χ3v) is 5.84. The summed E-state index contributed by atoms with van der Waals surface area (Å²) in [6.45, 7) is 4.08. The number of carbonyl (C=O) groups excluding carboxylic acids is 1. The SMILES string of the molecule is CC1CN(c2ncc(C(F)(F)F)cn2)CCC1CC(=O)NOC[C@H](C)Nc1cn[nH]c(=O)c1C(F)(F)F. The van der Waals surface area contributed by atoms with Crippen LogP contribution < -0.4 is 21.3 Å². The predicted molar refractivity (Wildman–Crippen MR) is 118 cm³/mol. The van der Waals surface area contributed by atoms with Crippen molar-refractivity contribution in [1.82, 2.24) is 25.6 Å². The first-order valence-corrected chi connectivity index (χ1v) is 11.2. The predicted octanol–water partition coefficient (Wildman–Crippen LogP) is 3.00. The highest BCUT2D eigenvalue weighted by Crippen LogP contribution is 2.32. The maximum Gasteiger partial charge on any atom is 0.423 e. The molecule has 0 radical (unpaired) electrons. The molecule has 3 N–H and O–H groups in total. The number of nitrogens with zero attached hydrogens (tertiary/aromatic N) is 4. The Morgan fingerprint density at radius 1 is 1.19 bits per heavy atom. The molecule has 0 aliphatic carbocycles. The minimum atomic E-state index is -4.89. The van der Waals surface area contributed by atoms with Gasteiger partial charge in [0.25, 0.3) is 5.56 Å². The summed E-state index contributed by atoms with van der Waals surface area (Å²) < 4.78 is 77.5. The zero-order valence-electron chi connectivity index (χ0n) is 19.8. The van der Waals surface area contributed by atoms with Gasteiger partial charge in [0.15, 0.2) is 0 Å². The highest BCUT2D eigenvalue weighted by atomic mass is 19.4. The topological polar surface area (TPSA) is 125 Å². The molecular formula is C21H25F6N7O3. The van der Waals surface area contributed by atoms with Crippen molar-refractivity contribution in [3.8, 4) is 0 Å². The van der Waals surface area contributed by atoms with Crippen LogP contribution in [0.4, 0.5) is 38.0 Å². The van der Waals surface area contributed by atoms with Crippen molar-refractivity contribution in [3.63, 3.8) is 0 Å². The van der Waals surface area contributed by atoms with Gasteiger partial charge in [-0.3, -0.25) is 14.4 Å². The molecule has 1 aliphatic rings. The number of aromatic nitrogens is 4. The van der Waals surface area contributed by atoms with E-state index in [4.69, 9.17) is 4.84 Å². The second-order valence-electron chi connectivity index (χ2n) is 8.81. The first kappa shape index (κ1) is 28.1. The van der Waals surface area contributed by atoms with Crippen molar-refractivity contribution < 1.29 is 36.0 Å². The average molecular weight is 537 g/mol. The van der Waals surface area contributed by atoms with Crippen LogP contribution in [-0.4, -0.2) is 51.8 Å². The highest BCUT2D eigenvalue weighted by molar-refractivity contribution is 5.75. The van der Waals surface area contributed by atoms with E-state index in [-0.39, 0.29) is 30.8 Å². The standard InChI is InChI=1S/C21H25F6N7O3/c1-11-9-34(19-28-6-14(7-29-19)20(22,23)24)4-3-13(11)5-16(35)33-37-10-12(2)31-15-8-30-32-18(36)17(15)21(25,26)27/h6-8,11-13H,3-5,9-10H2,1-2H3,(H,33,35)(H2,31,32,36)/t11?,12-,13?/m0/s1. The van der Waals surface area contributed by atoms with Crippen molar-refractivity contribution in [2.75, 3.05) is 29.9 Å². The lowest BCUT2D eigenvalue weighted by molar-refractivity contribution is -0.139. The molecule has 2 unspecified atom stereocenters. The minimum Gasteiger partial charge on any atom is -0.378 e. The van der Waals surface area contributed by atoms with Gasteiger partial charge in [-0.25, -0.2) is 20.5 Å². The number of anilines is 2. The average Bonchev–Trinajstić information content (AvgIpc) is 2.79. The molecule has 16 heteroatoms. The van der Waals surface area contributed by atoms with E-state index in [1.54, 1.807) is 10.00 Å². The molecule has 3 atom stereocenters. The largest absolute Gasteiger partial charge is 0.423 e. The van der Waals surface area contributed by atoms with Crippen molar-refractivity contribution in [3.05, 3.63) is 40.1 Å². The fraction of sp³-hybridized carbons (Fsp3) is 0.571. The van der Waals surface area contributed by atoms with Crippen LogP contribution in [0.25, 0.3) is 0 Å². The molecule has 2 aromatic rings. The minimum absolute atomic E-state index is 0.00422. The Bertz CT molecular complexity index is 1120. The number of rotatable bonds is 8. The molecule has 204 valence electrons. The van der Waals surface area contributed by atoms with Gasteiger partial charge in [0, 0.05) is 37.9 Å². The molecule has 3 heterocycles. The van der Waals surface area contributed by atoms with Gasteiger partial charge < -0.3 is 10.2 Å². The van der Waals surface area contributed by atoms with Crippen LogP contribution in [0, 0.1) is 11.8 Å². The Morgan fingerprint density at radius 3 is 2.46 bits per heavy atom. The lowest BCUT2D eigenvalue weighted by Crippen LogP contribution is -2.42. The van der Waals surface area contributed by atoms with Gasteiger partial charge in [-0.15, -0.1) is 0 Å². The molecule has 10 nitrogen and oxygen atoms in total. The van der Waals surface area contributed by atoms with E-state index in [0.717, 1.165) is 18.6 Å². The van der Waals surface area contributed by atoms with Crippen LogP contribution in [0.3, 0.4) is 0 Å². The first-order valence-electron chi connectivity index (χ1n) is 11.2. The zero-order valence-corrected chi connectivity index (χ0v) is 19.8. The summed E-state index contributed by atoms with van der Waals surface area (Å²) in [5.74, 6) is -0.300. The summed E-state index contributed by atoms with van der Waals surface area (Å²) in [6, 6.07) is -0.712. The van der Waals surface area contributed by atoms with Gasteiger partial charge in [-0.05, 0) is 25.2 Å². The lowest BCUT2D eigenvalue weighted by atomic mass is 9.84. The van der Waals surface area contributed by atoms with Crippen LogP contribution in [0.5, 0.6) is 0 Å². The van der Waals surface area contributed by atoms with Crippen LogP contribution in [0.15, 0.2) is 23.4 Å². The lowest BCUT2D eigenvalue weighted by Gasteiger charge is -2.36. The van der Waals surface area contributed by atoms with Crippen LogP contribution >= 0.6 is 0 Å². The number of hydrogen-bond acceptors (Lipinski definition) is 8. The van der Waals surface area contributed by atoms with Crippen molar-refractivity contribution >= 4 is 17.5 Å². The number of H-pyrrole nitrogens is 1. The second-order valence-corrected chi connectivity index (χ2v) is 8.81. The van der Waals surface area contributed by atoms with E-state index in [2.05, 4.69) is 25.9 Å². The monoisotopic (exact) mass is 537 g/mol. The highest BCUT2D eigenvalue weighted by Gasteiger charge is 2.37. The first-order chi connectivity index (χ1) is 17.3. The molecular weight excluding hydrogens is 512 g/mol. The Kier molecular flexibility index (Phi) is 8.60. The van der Waals surface area contributed by atoms with E-state index in [1.807, 2.05) is 6.92 Å². The number of alkyl halides is 6. The van der Waals surface area contributed by atoms with Crippen LogP contribution in [-0.2, 0) is 22.0 Å².